The van der Waals surface area contributed by atoms with E-state index in [1.54, 1.807) is 13.8 Å². The molecule has 0 heterocycles. The van der Waals surface area contributed by atoms with Crippen LogP contribution in [-0.2, 0) is 11.2 Å². The van der Waals surface area contributed by atoms with Crippen LogP contribution in [0.4, 0.5) is 0 Å². The lowest BCUT2D eigenvalue weighted by Gasteiger charge is -2.20. The van der Waals surface area contributed by atoms with Gasteiger partial charge in [-0.3, -0.25) is 4.79 Å². The first-order chi connectivity index (χ1) is 7.41. The Bertz CT molecular complexity index is 487. The summed E-state index contributed by atoms with van der Waals surface area (Å²) in [5, 5.41) is 9.85. The Labute approximate surface area is 99.5 Å². The molecule has 0 amide bonds. The lowest BCUT2D eigenvalue weighted by atomic mass is 9.83. The molecule has 0 aliphatic heterocycles. The van der Waals surface area contributed by atoms with Crippen molar-refractivity contribution >= 4 is 23.6 Å². The lowest BCUT2D eigenvalue weighted by molar-refractivity contribution is -0.144. The number of hydrogen-bond acceptors (Lipinski definition) is 1. The molecule has 0 atom stereocenters. The van der Waals surface area contributed by atoms with Crippen LogP contribution in [0.25, 0.3) is 6.08 Å². The van der Waals surface area contributed by atoms with E-state index >= 15 is 0 Å². The monoisotopic (exact) mass is 236 g/mol. The number of fused-ring (bicyclic) bond motifs is 1. The molecule has 0 fully saturated rings. The van der Waals surface area contributed by atoms with Crippen molar-refractivity contribution in [2.45, 2.75) is 20.3 Å². The Morgan fingerprint density at radius 3 is 2.75 bits per heavy atom. The molecule has 1 N–H and O–H groups in total. The van der Waals surface area contributed by atoms with Crippen LogP contribution >= 0.6 is 11.6 Å². The molecule has 16 heavy (non-hydrogen) atoms. The zero-order valence-corrected chi connectivity index (χ0v) is 10.0. The molecule has 1 aliphatic rings. The van der Waals surface area contributed by atoms with Gasteiger partial charge in [0.1, 0.15) is 0 Å². The Kier molecular flexibility index (Phi) is 2.55. The van der Waals surface area contributed by atoms with Gasteiger partial charge in [-0.2, -0.15) is 0 Å². The quantitative estimate of drug-likeness (QED) is 0.855. The highest BCUT2D eigenvalue weighted by molar-refractivity contribution is 6.30. The fourth-order valence-corrected chi connectivity index (χ4v) is 2.02. The predicted molar refractivity (Wildman–Crippen MR) is 64.5 cm³/mol. The van der Waals surface area contributed by atoms with E-state index in [9.17, 15) is 4.79 Å². The molecule has 84 valence electrons. The highest BCUT2D eigenvalue weighted by Crippen LogP contribution is 2.37. The van der Waals surface area contributed by atoms with Gasteiger partial charge in [0.15, 0.2) is 0 Å². The summed E-state index contributed by atoms with van der Waals surface area (Å²) < 4.78 is 0. The number of rotatable bonds is 2. The number of carboxylic acids is 1. The minimum Gasteiger partial charge on any atom is -0.481 e. The van der Waals surface area contributed by atoms with Crippen molar-refractivity contribution in [3.8, 4) is 0 Å². The first kappa shape index (κ1) is 11.2. The Morgan fingerprint density at radius 2 is 2.12 bits per heavy atom. The molecule has 2 rings (SSSR count). The van der Waals surface area contributed by atoms with Crippen molar-refractivity contribution in [2.24, 2.45) is 5.41 Å². The molecule has 1 aromatic rings. The minimum absolute atomic E-state index is 0.685. The number of carbonyl (C=O) groups is 1. The first-order valence-corrected chi connectivity index (χ1v) is 5.52. The smallest absolute Gasteiger partial charge is 0.313 e. The summed E-state index contributed by atoms with van der Waals surface area (Å²) in [6.07, 6.45) is 2.64. The third kappa shape index (κ3) is 1.74. The standard InChI is InChI=1S/C13H13ClO2/c1-13(2,12(15)16)10-5-8-3-4-11(14)7-9(8)6-10/h3-4,6-7H,5H2,1-2H3,(H,15,16). The summed E-state index contributed by atoms with van der Waals surface area (Å²) in [7, 11) is 0. The second-order valence-electron chi connectivity index (χ2n) is 4.62. The van der Waals surface area contributed by atoms with Gasteiger partial charge in [-0.05, 0) is 49.1 Å². The summed E-state index contributed by atoms with van der Waals surface area (Å²) in [4.78, 5) is 11.2. The van der Waals surface area contributed by atoms with Crippen molar-refractivity contribution in [3.05, 3.63) is 39.9 Å². The molecule has 0 spiro atoms. The SMILES string of the molecule is CC(C)(C(=O)O)C1=Cc2cc(Cl)ccc2C1. The number of benzene rings is 1. The fraction of sp³-hybridized carbons (Fsp3) is 0.308. The summed E-state index contributed by atoms with van der Waals surface area (Å²) in [6, 6.07) is 5.67. The summed E-state index contributed by atoms with van der Waals surface area (Å²) in [5.41, 5.74) is 2.30. The molecule has 0 bridgehead atoms. The molecule has 3 heteroatoms. The Hall–Kier alpha value is -1.28. The van der Waals surface area contributed by atoms with Gasteiger partial charge in [-0.25, -0.2) is 0 Å². The van der Waals surface area contributed by atoms with Gasteiger partial charge in [0.05, 0.1) is 5.41 Å². The van der Waals surface area contributed by atoms with E-state index in [0.29, 0.717) is 11.4 Å². The van der Waals surface area contributed by atoms with Gasteiger partial charge in [-0.1, -0.05) is 23.7 Å². The summed E-state index contributed by atoms with van der Waals surface area (Å²) in [5.74, 6) is -0.794. The molecular formula is C13H13ClO2. The van der Waals surface area contributed by atoms with E-state index in [4.69, 9.17) is 16.7 Å². The molecule has 1 aromatic carbocycles. The predicted octanol–water partition coefficient (Wildman–Crippen LogP) is 3.39. The van der Waals surface area contributed by atoms with E-state index in [0.717, 1.165) is 16.7 Å². The lowest BCUT2D eigenvalue weighted by Crippen LogP contribution is -2.26. The summed E-state index contributed by atoms with van der Waals surface area (Å²) in [6.45, 7) is 3.46. The molecule has 0 aromatic heterocycles. The largest absolute Gasteiger partial charge is 0.481 e. The Balaban J connectivity index is 2.39. The van der Waals surface area contributed by atoms with Gasteiger partial charge < -0.3 is 5.11 Å². The normalized spacial score (nSPS) is 14.6. The Morgan fingerprint density at radius 1 is 1.44 bits per heavy atom. The van der Waals surface area contributed by atoms with Gasteiger partial charge >= 0.3 is 5.97 Å². The molecule has 0 radical (unpaired) electrons. The van der Waals surface area contributed by atoms with Crippen LogP contribution in [0.2, 0.25) is 5.02 Å². The van der Waals surface area contributed by atoms with Crippen molar-refractivity contribution in [1.29, 1.82) is 0 Å². The van der Waals surface area contributed by atoms with E-state index in [1.165, 1.54) is 0 Å². The van der Waals surface area contributed by atoms with Crippen LogP contribution in [-0.4, -0.2) is 11.1 Å². The van der Waals surface area contributed by atoms with Crippen LogP contribution < -0.4 is 0 Å². The second-order valence-corrected chi connectivity index (χ2v) is 5.06. The van der Waals surface area contributed by atoms with E-state index in [2.05, 4.69) is 0 Å². The zero-order valence-electron chi connectivity index (χ0n) is 9.25. The van der Waals surface area contributed by atoms with Crippen LogP contribution in [0.15, 0.2) is 23.8 Å². The molecule has 1 aliphatic carbocycles. The highest BCUT2D eigenvalue weighted by Gasteiger charge is 2.34. The molecule has 0 saturated carbocycles. The van der Waals surface area contributed by atoms with Crippen molar-refractivity contribution < 1.29 is 9.90 Å². The molecule has 0 saturated heterocycles. The maximum Gasteiger partial charge on any atom is 0.313 e. The average molecular weight is 237 g/mol. The minimum atomic E-state index is -0.814. The van der Waals surface area contributed by atoms with Crippen LogP contribution in [0.3, 0.4) is 0 Å². The van der Waals surface area contributed by atoms with E-state index < -0.39 is 11.4 Å². The third-order valence-electron chi connectivity index (χ3n) is 3.16. The van der Waals surface area contributed by atoms with E-state index in [-0.39, 0.29) is 0 Å². The zero-order chi connectivity index (χ0) is 11.9. The number of aliphatic carboxylic acids is 1. The summed E-state index contributed by atoms with van der Waals surface area (Å²) >= 11 is 5.90. The van der Waals surface area contributed by atoms with E-state index in [1.807, 2.05) is 24.3 Å². The van der Waals surface area contributed by atoms with Gasteiger partial charge in [0.2, 0.25) is 0 Å². The highest BCUT2D eigenvalue weighted by atomic mass is 35.5. The fourth-order valence-electron chi connectivity index (χ4n) is 1.84. The molecule has 2 nitrogen and oxygen atoms in total. The van der Waals surface area contributed by atoms with Gasteiger partial charge in [-0.15, -0.1) is 0 Å². The average Bonchev–Trinajstić information content (AvgIpc) is 2.60. The second kappa shape index (κ2) is 3.63. The van der Waals surface area contributed by atoms with Crippen molar-refractivity contribution in [3.63, 3.8) is 0 Å². The van der Waals surface area contributed by atoms with Gasteiger partial charge in [0.25, 0.3) is 0 Å². The number of halogens is 1. The maximum absolute atomic E-state index is 11.2. The van der Waals surface area contributed by atoms with Crippen LogP contribution in [0.5, 0.6) is 0 Å². The van der Waals surface area contributed by atoms with Gasteiger partial charge in [0, 0.05) is 5.02 Å². The number of hydrogen-bond donors (Lipinski definition) is 1. The topological polar surface area (TPSA) is 37.3 Å². The van der Waals surface area contributed by atoms with Crippen molar-refractivity contribution in [1.82, 2.24) is 0 Å². The molecular weight excluding hydrogens is 224 g/mol. The van der Waals surface area contributed by atoms with Crippen molar-refractivity contribution in [2.75, 3.05) is 0 Å². The number of carboxylic acid groups (broad SMARTS) is 1. The van der Waals surface area contributed by atoms with Crippen LogP contribution in [0, 0.1) is 5.41 Å². The van der Waals surface area contributed by atoms with Crippen LogP contribution in [0.1, 0.15) is 25.0 Å². The first-order valence-electron chi connectivity index (χ1n) is 5.14. The third-order valence-corrected chi connectivity index (χ3v) is 3.39. The molecule has 0 unspecified atom stereocenters. The maximum atomic E-state index is 11.2.